The quantitative estimate of drug-likeness (QED) is 0.414. The van der Waals surface area contributed by atoms with E-state index in [-0.39, 0.29) is 11.9 Å². The van der Waals surface area contributed by atoms with Gasteiger partial charge < -0.3 is 20.7 Å². The number of rotatable bonds is 0. The van der Waals surface area contributed by atoms with E-state index in [1.165, 1.54) is 6.20 Å². The maximum absolute atomic E-state index is 12.8. The van der Waals surface area contributed by atoms with Crippen molar-refractivity contribution in [3.8, 4) is 11.8 Å². The zero-order chi connectivity index (χ0) is 24.9. The fourth-order valence-electron chi connectivity index (χ4n) is 4.43. The highest BCUT2D eigenvalue weighted by Gasteiger charge is 2.30. The summed E-state index contributed by atoms with van der Waals surface area (Å²) in [7, 11) is 0. The fraction of sp³-hybridized carbons (Fsp3) is 0.308. The number of ether oxygens (including phenoxy) is 1. The third-order valence-electron chi connectivity index (χ3n) is 6.24. The molecule has 4 bridgehead atoms. The largest absolute Gasteiger partial charge is 0.491 e. The summed E-state index contributed by atoms with van der Waals surface area (Å²) in [6, 6.07) is 15.2. The van der Waals surface area contributed by atoms with Gasteiger partial charge in [-0.1, -0.05) is 23.7 Å². The van der Waals surface area contributed by atoms with Gasteiger partial charge in [-0.3, -0.25) is 9.69 Å². The van der Waals surface area contributed by atoms with Gasteiger partial charge in [-0.25, -0.2) is 4.98 Å². The number of nitrogens with one attached hydrogen (secondary N) is 3. The van der Waals surface area contributed by atoms with Gasteiger partial charge in [0.05, 0.1) is 24.5 Å². The molecule has 6 rings (SSSR count). The summed E-state index contributed by atoms with van der Waals surface area (Å²) in [4.78, 5) is 23.9. The summed E-state index contributed by atoms with van der Waals surface area (Å²) in [5.74, 6) is 1.33. The molecule has 1 saturated heterocycles. The van der Waals surface area contributed by atoms with E-state index in [0.717, 1.165) is 30.6 Å². The second-order valence-corrected chi connectivity index (χ2v) is 9.21. The normalized spacial score (nSPS) is 18.4. The first-order valence-electron chi connectivity index (χ1n) is 11.9. The Morgan fingerprint density at radius 2 is 2.00 bits per heavy atom. The number of aromatic nitrogens is 2. The van der Waals surface area contributed by atoms with Crippen molar-refractivity contribution >= 4 is 40.6 Å². The van der Waals surface area contributed by atoms with E-state index in [9.17, 15) is 10.1 Å². The lowest BCUT2D eigenvalue weighted by Gasteiger charge is -2.24. The molecule has 0 aliphatic carbocycles. The molecule has 0 saturated carbocycles. The van der Waals surface area contributed by atoms with Gasteiger partial charge in [0.25, 0.3) is 0 Å². The minimum absolute atomic E-state index is 0.0636. The number of anilines is 4. The molecule has 3 aromatic rings. The molecule has 0 spiro atoms. The van der Waals surface area contributed by atoms with Crippen molar-refractivity contribution in [3.63, 3.8) is 0 Å². The van der Waals surface area contributed by atoms with Crippen molar-refractivity contribution < 1.29 is 9.53 Å². The van der Waals surface area contributed by atoms with Crippen LogP contribution in [-0.4, -0.2) is 46.5 Å². The molecular formula is C26H26ClN7O2. The van der Waals surface area contributed by atoms with Gasteiger partial charge >= 0.3 is 0 Å². The van der Waals surface area contributed by atoms with Crippen LogP contribution in [0.5, 0.6) is 5.75 Å². The van der Waals surface area contributed by atoms with Gasteiger partial charge in [-0.05, 0) is 61.7 Å². The molecule has 184 valence electrons. The van der Waals surface area contributed by atoms with Gasteiger partial charge in [0, 0.05) is 23.8 Å². The first kappa shape index (κ1) is 23.9. The second-order valence-electron chi connectivity index (χ2n) is 8.78. The van der Waals surface area contributed by atoms with Crippen LogP contribution in [0.15, 0.2) is 48.7 Å². The first-order valence-corrected chi connectivity index (χ1v) is 12.3. The number of carbonyl (C=O) groups is 1. The lowest BCUT2D eigenvalue weighted by Crippen LogP contribution is -2.43. The molecule has 0 radical (unpaired) electrons. The van der Waals surface area contributed by atoms with E-state index in [1.54, 1.807) is 18.2 Å². The van der Waals surface area contributed by atoms with Gasteiger partial charge in [-0.15, -0.1) is 0 Å². The highest BCUT2D eigenvalue weighted by atomic mass is 35.5. The summed E-state index contributed by atoms with van der Waals surface area (Å²) in [5, 5.41) is 19.5. The molecule has 1 fully saturated rings. The summed E-state index contributed by atoms with van der Waals surface area (Å²) in [5.41, 5.74) is 2.82. The monoisotopic (exact) mass is 503 g/mol. The van der Waals surface area contributed by atoms with Crippen molar-refractivity contribution in [2.75, 3.05) is 30.3 Å². The number of carbonyl (C=O) groups excluding carboxylic acids is 1. The number of hydrogen-bond donors (Lipinski definition) is 3. The van der Waals surface area contributed by atoms with E-state index < -0.39 is 0 Å². The molecule has 10 heteroatoms. The number of hydrogen-bond acceptors (Lipinski definition) is 8. The summed E-state index contributed by atoms with van der Waals surface area (Å²) in [6.45, 7) is 2.54. The maximum atomic E-state index is 12.8. The van der Waals surface area contributed by atoms with Crippen LogP contribution < -0.4 is 20.7 Å². The molecule has 3 N–H and O–H groups in total. The third kappa shape index (κ3) is 5.51. The first-order chi connectivity index (χ1) is 17.6. The molecule has 1 amide bonds. The van der Waals surface area contributed by atoms with Crippen LogP contribution in [0.1, 0.15) is 30.4 Å². The Labute approximate surface area is 214 Å². The molecule has 1 aromatic heterocycles. The Balaban J connectivity index is 1.46. The number of fused-ring (bicyclic) bond motifs is 7. The Kier molecular flexibility index (Phi) is 7.16. The summed E-state index contributed by atoms with van der Waals surface area (Å²) < 4.78 is 5.97. The average molecular weight is 504 g/mol. The zero-order valence-electron chi connectivity index (χ0n) is 19.6. The standard InChI is InChI=1S/C26H26ClN7O2/c27-19-6-9-23-21(13-19)32-26-30-15-18(14-28)24(33-26)31-20-7-4-17(5-8-20)16-34-11-1-3-22(34)25(35)29-10-2-12-36-23/h4-9,13,15,22H,1-3,10-12,16H2,(H,29,35)(H2,30,31,32,33). The molecule has 2 aromatic carbocycles. The summed E-state index contributed by atoms with van der Waals surface area (Å²) >= 11 is 6.22. The minimum atomic E-state index is -0.126. The van der Waals surface area contributed by atoms with Crippen molar-refractivity contribution in [3.05, 3.63) is 64.8 Å². The van der Waals surface area contributed by atoms with Crippen LogP contribution in [0.3, 0.4) is 0 Å². The number of amides is 1. The van der Waals surface area contributed by atoms with Crippen LogP contribution in [0.25, 0.3) is 0 Å². The van der Waals surface area contributed by atoms with Crippen molar-refractivity contribution in [2.24, 2.45) is 0 Å². The molecule has 1 unspecified atom stereocenters. The Morgan fingerprint density at radius 3 is 2.83 bits per heavy atom. The van der Waals surface area contributed by atoms with Gasteiger partial charge in [-0.2, -0.15) is 10.2 Å². The van der Waals surface area contributed by atoms with E-state index in [2.05, 4.69) is 36.9 Å². The third-order valence-corrected chi connectivity index (χ3v) is 6.48. The number of nitrogens with zero attached hydrogens (tertiary/aromatic N) is 4. The zero-order valence-corrected chi connectivity index (χ0v) is 20.4. The van der Waals surface area contributed by atoms with E-state index >= 15 is 0 Å². The SMILES string of the molecule is N#Cc1cnc2nc1Nc1ccc(cc1)CN1CCCC1C(=O)NCCCOc1ccc(Cl)cc1N2. The lowest BCUT2D eigenvalue weighted by atomic mass is 10.1. The number of halogens is 1. The van der Waals surface area contributed by atoms with E-state index in [1.807, 2.05) is 24.3 Å². The van der Waals surface area contributed by atoms with Crippen molar-refractivity contribution in [2.45, 2.75) is 31.8 Å². The smallest absolute Gasteiger partial charge is 0.237 e. The number of nitriles is 1. The van der Waals surface area contributed by atoms with E-state index in [0.29, 0.717) is 59.9 Å². The Hall–Kier alpha value is -3.87. The van der Waals surface area contributed by atoms with Crippen LogP contribution in [-0.2, 0) is 11.3 Å². The molecular weight excluding hydrogens is 478 g/mol. The van der Waals surface area contributed by atoms with Crippen LogP contribution >= 0.6 is 11.6 Å². The van der Waals surface area contributed by atoms with E-state index in [4.69, 9.17) is 16.3 Å². The van der Waals surface area contributed by atoms with Crippen LogP contribution in [0, 0.1) is 11.3 Å². The number of benzene rings is 2. The minimum Gasteiger partial charge on any atom is -0.491 e. The summed E-state index contributed by atoms with van der Waals surface area (Å²) in [6.07, 6.45) is 3.98. The molecule has 3 aliphatic rings. The van der Waals surface area contributed by atoms with Crippen LogP contribution in [0.4, 0.5) is 23.1 Å². The van der Waals surface area contributed by atoms with Gasteiger partial charge in [0.1, 0.15) is 17.4 Å². The highest BCUT2D eigenvalue weighted by Crippen LogP contribution is 2.31. The lowest BCUT2D eigenvalue weighted by molar-refractivity contribution is -0.125. The molecule has 1 atom stereocenters. The average Bonchev–Trinajstić information content (AvgIpc) is 3.34. The van der Waals surface area contributed by atoms with Crippen molar-refractivity contribution in [1.82, 2.24) is 20.2 Å². The van der Waals surface area contributed by atoms with Gasteiger partial charge in [0.2, 0.25) is 11.9 Å². The highest BCUT2D eigenvalue weighted by molar-refractivity contribution is 6.31. The molecule has 9 nitrogen and oxygen atoms in total. The second kappa shape index (κ2) is 10.8. The van der Waals surface area contributed by atoms with Crippen molar-refractivity contribution in [1.29, 1.82) is 5.26 Å². The molecule has 4 heterocycles. The fourth-order valence-corrected chi connectivity index (χ4v) is 4.60. The molecule has 3 aliphatic heterocycles. The van der Waals surface area contributed by atoms with Crippen LogP contribution in [0.2, 0.25) is 5.02 Å². The van der Waals surface area contributed by atoms with Gasteiger partial charge in [0.15, 0.2) is 5.82 Å². The predicted molar refractivity (Wildman–Crippen MR) is 138 cm³/mol. The predicted octanol–water partition coefficient (Wildman–Crippen LogP) is 4.35. The Morgan fingerprint density at radius 1 is 1.14 bits per heavy atom. The molecule has 36 heavy (non-hydrogen) atoms. The Bertz CT molecular complexity index is 1290. The topological polar surface area (TPSA) is 115 Å². The maximum Gasteiger partial charge on any atom is 0.237 e.